The van der Waals surface area contributed by atoms with Gasteiger partial charge in [0.25, 0.3) is 5.91 Å². The van der Waals surface area contributed by atoms with Crippen molar-refractivity contribution in [3.05, 3.63) is 64.5 Å². The van der Waals surface area contributed by atoms with Crippen molar-refractivity contribution in [2.45, 2.75) is 0 Å². The van der Waals surface area contributed by atoms with Crippen molar-refractivity contribution in [3.8, 4) is 0 Å². The van der Waals surface area contributed by atoms with Gasteiger partial charge in [0, 0.05) is 16.3 Å². The van der Waals surface area contributed by atoms with Crippen LogP contribution in [0.3, 0.4) is 0 Å². The van der Waals surface area contributed by atoms with Crippen molar-refractivity contribution >= 4 is 34.1 Å². The Labute approximate surface area is 118 Å². The lowest BCUT2D eigenvalue weighted by molar-refractivity contribution is 0.0955. The highest BCUT2D eigenvalue weighted by atomic mass is 79.9. The molecule has 96 valence electrons. The molecular weight excluding hydrogens is 308 g/mol. The zero-order valence-corrected chi connectivity index (χ0v) is 11.5. The molecule has 0 aliphatic carbocycles. The van der Waals surface area contributed by atoms with Crippen molar-refractivity contribution in [2.75, 3.05) is 0 Å². The Kier molecular flexibility index (Phi) is 4.69. The SMILES string of the molecule is O=C(N/N=C\C=C\c1ccco1)c1cccc(Br)c1. The van der Waals surface area contributed by atoms with Gasteiger partial charge in [0.05, 0.1) is 6.26 Å². The van der Waals surface area contributed by atoms with Crippen LogP contribution in [0, 0.1) is 0 Å². The zero-order chi connectivity index (χ0) is 13.5. The van der Waals surface area contributed by atoms with Gasteiger partial charge >= 0.3 is 0 Å². The van der Waals surface area contributed by atoms with Crippen LogP contribution < -0.4 is 5.43 Å². The summed E-state index contributed by atoms with van der Waals surface area (Å²) in [4.78, 5) is 11.7. The van der Waals surface area contributed by atoms with Gasteiger partial charge < -0.3 is 4.42 Å². The van der Waals surface area contributed by atoms with E-state index in [1.54, 1.807) is 42.7 Å². The molecule has 4 nitrogen and oxygen atoms in total. The van der Waals surface area contributed by atoms with Crippen LogP contribution >= 0.6 is 15.9 Å². The maximum absolute atomic E-state index is 11.7. The molecule has 0 atom stereocenters. The topological polar surface area (TPSA) is 54.6 Å². The minimum absolute atomic E-state index is 0.260. The van der Waals surface area contributed by atoms with Crippen LogP contribution in [0.1, 0.15) is 16.1 Å². The van der Waals surface area contributed by atoms with Gasteiger partial charge in [-0.15, -0.1) is 0 Å². The largest absolute Gasteiger partial charge is 0.465 e. The normalized spacial score (nSPS) is 11.2. The number of nitrogens with one attached hydrogen (secondary N) is 1. The Morgan fingerprint density at radius 3 is 2.95 bits per heavy atom. The molecule has 0 fully saturated rings. The Hall–Kier alpha value is -2.14. The van der Waals surface area contributed by atoms with Crippen molar-refractivity contribution in [2.24, 2.45) is 5.10 Å². The first-order chi connectivity index (χ1) is 9.25. The lowest BCUT2D eigenvalue weighted by Crippen LogP contribution is -2.17. The Bertz CT molecular complexity index is 604. The van der Waals surface area contributed by atoms with Crippen LogP contribution in [0.15, 0.2) is 62.7 Å². The summed E-state index contributed by atoms with van der Waals surface area (Å²) in [5, 5.41) is 3.81. The third-order valence-electron chi connectivity index (χ3n) is 2.22. The van der Waals surface area contributed by atoms with Crippen LogP contribution in [-0.2, 0) is 0 Å². The van der Waals surface area contributed by atoms with Gasteiger partial charge in [0.2, 0.25) is 0 Å². The lowest BCUT2D eigenvalue weighted by atomic mass is 10.2. The summed E-state index contributed by atoms with van der Waals surface area (Å²) in [5.74, 6) is 0.466. The molecule has 0 aliphatic heterocycles. The molecule has 0 bridgehead atoms. The maximum atomic E-state index is 11.7. The first-order valence-electron chi connectivity index (χ1n) is 5.55. The monoisotopic (exact) mass is 318 g/mol. The number of allylic oxidation sites excluding steroid dienone is 1. The van der Waals surface area contributed by atoms with Crippen LogP contribution in [0.2, 0.25) is 0 Å². The molecule has 1 amide bonds. The van der Waals surface area contributed by atoms with Crippen LogP contribution in [0.5, 0.6) is 0 Å². The average Bonchev–Trinajstić information content (AvgIpc) is 2.91. The fourth-order valence-electron chi connectivity index (χ4n) is 1.36. The highest BCUT2D eigenvalue weighted by Gasteiger charge is 2.03. The van der Waals surface area contributed by atoms with E-state index in [1.807, 2.05) is 12.1 Å². The lowest BCUT2D eigenvalue weighted by Gasteiger charge is -1.99. The van der Waals surface area contributed by atoms with E-state index >= 15 is 0 Å². The molecule has 1 N–H and O–H groups in total. The first kappa shape index (κ1) is 13.3. The minimum Gasteiger partial charge on any atom is -0.465 e. The van der Waals surface area contributed by atoms with Crippen LogP contribution in [0.25, 0.3) is 6.08 Å². The molecule has 5 heteroatoms. The molecule has 0 saturated carbocycles. The second kappa shape index (κ2) is 6.70. The van der Waals surface area contributed by atoms with Crippen molar-refractivity contribution < 1.29 is 9.21 Å². The summed E-state index contributed by atoms with van der Waals surface area (Å²) in [7, 11) is 0. The van der Waals surface area contributed by atoms with Gasteiger partial charge in [-0.05, 0) is 42.5 Å². The van der Waals surface area contributed by atoms with Crippen molar-refractivity contribution in [1.82, 2.24) is 5.43 Å². The highest BCUT2D eigenvalue weighted by molar-refractivity contribution is 9.10. The van der Waals surface area contributed by atoms with Gasteiger partial charge in [-0.2, -0.15) is 5.10 Å². The fraction of sp³-hybridized carbons (Fsp3) is 0. The minimum atomic E-state index is -0.260. The predicted molar refractivity (Wildman–Crippen MR) is 77.8 cm³/mol. The Morgan fingerprint density at radius 1 is 1.32 bits per heavy atom. The van der Waals surface area contributed by atoms with E-state index in [0.717, 1.165) is 10.2 Å². The predicted octanol–water partition coefficient (Wildman–Crippen LogP) is 3.47. The second-order valence-electron chi connectivity index (χ2n) is 3.60. The third-order valence-corrected chi connectivity index (χ3v) is 2.71. The molecule has 1 aromatic carbocycles. The van der Waals surface area contributed by atoms with E-state index < -0.39 is 0 Å². The number of furan rings is 1. The Morgan fingerprint density at radius 2 is 2.21 bits per heavy atom. The number of benzene rings is 1. The summed E-state index contributed by atoms with van der Waals surface area (Å²) in [5.41, 5.74) is 2.98. The fourth-order valence-corrected chi connectivity index (χ4v) is 1.76. The molecule has 0 saturated heterocycles. The number of halogens is 1. The first-order valence-corrected chi connectivity index (χ1v) is 6.34. The molecule has 1 heterocycles. The van der Waals surface area contributed by atoms with Crippen LogP contribution in [-0.4, -0.2) is 12.1 Å². The molecule has 2 aromatic rings. The number of rotatable bonds is 4. The van der Waals surface area contributed by atoms with Gasteiger partial charge in [-0.25, -0.2) is 5.43 Å². The van der Waals surface area contributed by atoms with Gasteiger partial charge in [0.15, 0.2) is 0 Å². The van der Waals surface area contributed by atoms with E-state index in [9.17, 15) is 4.79 Å². The number of carbonyl (C=O) groups excluding carboxylic acids is 1. The quantitative estimate of drug-likeness (QED) is 0.693. The summed E-state index contributed by atoms with van der Waals surface area (Å²) in [6.07, 6.45) is 6.50. The molecule has 0 spiro atoms. The number of hydrazone groups is 1. The van der Waals surface area contributed by atoms with Gasteiger partial charge in [-0.3, -0.25) is 4.79 Å². The maximum Gasteiger partial charge on any atom is 0.271 e. The van der Waals surface area contributed by atoms with E-state index in [-0.39, 0.29) is 5.91 Å². The number of hydrogen-bond acceptors (Lipinski definition) is 3. The summed E-state index contributed by atoms with van der Waals surface area (Å²) in [6.45, 7) is 0. The summed E-state index contributed by atoms with van der Waals surface area (Å²) >= 11 is 3.31. The standard InChI is InChI=1S/C14H11BrN2O2/c15-12-5-1-4-11(10-12)14(18)17-16-8-2-6-13-7-3-9-19-13/h1-10H,(H,17,18)/b6-2+,16-8-. The molecule has 2 rings (SSSR count). The molecular formula is C14H11BrN2O2. The van der Waals surface area contributed by atoms with E-state index in [2.05, 4.69) is 26.5 Å². The smallest absolute Gasteiger partial charge is 0.271 e. The summed E-state index contributed by atoms with van der Waals surface area (Å²) in [6, 6.07) is 10.7. The number of amides is 1. The number of hydrogen-bond donors (Lipinski definition) is 1. The summed E-state index contributed by atoms with van der Waals surface area (Å²) < 4.78 is 5.95. The molecule has 0 unspecified atom stereocenters. The van der Waals surface area contributed by atoms with Gasteiger partial charge in [-0.1, -0.05) is 22.0 Å². The molecule has 19 heavy (non-hydrogen) atoms. The van der Waals surface area contributed by atoms with Crippen LogP contribution in [0.4, 0.5) is 0 Å². The molecule has 1 aromatic heterocycles. The Balaban J connectivity index is 1.87. The second-order valence-corrected chi connectivity index (χ2v) is 4.52. The molecule has 0 aliphatic rings. The van der Waals surface area contributed by atoms with E-state index in [1.165, 1.54) is 6.21 Å². The number of nitrogens with zero attached hydrogens (tertiary/aromatic N) is 1. The van der Waals surface area contributed by atoms with E-state index in [4.69, 9.17) is 4.42 Å². The van der Waals surface area contributed by atoms with Crippen molar-refractivity contribution in [3.63, 3.8) is 0 Å². The molecule has 0 radical (unpaired) electrons. The zero-order valence-electron chi connectivity index (χ0n) is 9.92. The third kappa shape index (κ3) is 4.22. The highest BCUT2D eigenvalue weighted by Crippen LogP contribution is 2.11. The average molecular weight is 319 g/mol. The van der Waals surface area contributed by atoms with Crippen molar-refractivity contribution in [1.29, 1.82) is 0 Å². The number of carbonyl (C=O) groups is 1. The van der Waals surface area contributed by atoms with Gasteiger partial charge in [0.1, 0.15) is 5.76 Å². The van der Waals surface area contributed by atoms with E-state index in [0.29, 0.717) is 5.56 Å².